The van der Waals surface area contributed by atoms with Crippen LogP contribution in [-0.4, -0.2) is 66.6 Å². The number of amides is 2. The molecular weight excluding hydrogens is 368 g/mol. The minimum Gasteiger partial charge on any atom is -0.497 e. The molecule has 6 heteroatoms. The van der Waals surface area contributed by atoms with Crippen LogP contribution < -0.4 is 4.74 Å². The van der Waals surface area contributed by atoms with Crippen LogP contribution in [0.25, 0.3) is 0 Å². The summed E-state index contributed by atoms with van der Waals surface area (Å²) < 4.78 is 5.23. The van der Waals surface area contributed by atoms with Crippen molar-refractivity contribution >= 4 is 11.8 Å². The van der Waals surface area contributed by atoms with Crippen molar-refractivity contribution in [3.05, 3.63) is 65.7 Å². The van der Waals surface area contributed by atoms with E-state index >= 15 is 0 Å². The van der Waals surface area contributed by atoms with Gasteiger partial charge in [0.1, 0.15) is 5.75 Å². The predicted octanol–water partition coefficient (Wildman–Crippen LogP) is 1.83. The molecule has 1 N–H and O–H groups in total. The molecule has 0 aromatic heterocycles. The van der Waals surface area contributed by atoms with Gasteiger partial charge >= 0.3 is 0 Å². The summed E-state index contributed by atoms with van der Waals surface area (Å²) in [5.41, 5.74) is 1.13. The van der Waals surface area contributed by atoms with Crippen LogP contribution in [0.1, 0.15) is 15.9 Å². The third kappa shape index (κ3) is 3.72. The van der Waals surface area contributed by atoms with Gasteiger partial charge in [-0.1, -0.05) is 30.3 Å². The molecule has 0 bridgehead atoms. The van der Waals surface area contributed by atoms with Crippen LogP contribution in [-0.2, 0) is 11.2 Å². The molecule has 0 spiro atoms. The number of carbonyl (C=O) groups excluding carboxylic acids is 2. The molecule has 152 valence electrons. The molecule has 2 amide bonds. The number of fused-ring (bicyclic) bond motifs is 1. The molecule has 2 atom stereocenters. The van der Waals surface area contributed by atoms with Gasteiger partial charge in [0.2, 0.25) is 5.91 Å². The van der Waals surface area contributed by atoms with E-state index in [0.717, 1.165) is 11.3 Å². The van der Waals surface area contributed by atoms with E-state index in [1.54, 1.807) is 7.11 Å². The molecule has 2 aromatic rings. The van der Waals surface area contributed by atoms with Crippen molar-refractivity contribution in [1.82, 2.24) is 9.80 Å². The molecule has 2 fully saturated rings. The van der Waals surface area contributed by atoms with Crippen molar-refractivity contribution in [3.8, 4) is 5.75 Å². The van der Waals surface area contributed by atoms with Crippen molar-refractivity contribution in [2.75, 3.05) is 39.9 Å². The second-order valence-electron chi connectivity index (χ2n) is 8.07. The van der Waals surface area contributed by atoms with Gasteiger partial charge in [0.25, 0.3) is 5.91 Å². The van der Waals surface area contributed by atoms with Gasteiger partial charge in [-0.25, -0.2) is 0 Å². The largest absolute Gasteiger partial charge is 0.497 e. The van der Waals surface area contributed by atoms with Gasteiger partial charge in [0.05, 0.1) is 20.1 Å². The van der Waals surface area contributed by atoms with Gasteiger partial charge in [-0.2, -0.15) is 0 Å². The summed E-state index contributed by atoms with van der Waals surface area (Å²) in [6.45, 7) is 2.07. The Balaban J connectivity index is 1.43. The zero-order chi connectivity index (χ0) is 20.4. The molecule has 4 rings (SSSR count). The van der Waals surface area contributed by atoms with Gasteiger partial charge in [-0.05, 0) is 29.8 Å². The Kier molecular flexibility index (Phi) is 5.28. The molecule has 0 saturated carbocycles. The summed E-state index contributed by atoms with van der Waals surface area (Å²) in [5, 5.41) is 10.2. The van der Waals surface area contributed by atoms with E-state index in [9.17, 15) is 14.7 Å². The highest BCUT2D eigenvalue weighted by Gasteiger charge is 2.54. The van der Waals surface area contributed by atoms with Crippen LogP contribution in [0.4, 0.5) is 0 Å². The second kappa shape index (κ2) is 7.87. The number of aliphatic hydroxyl groups is 1. The third-order valence-electron chi connectivity index (χ3n) is 6.22. The average molecular weight is 394 g/mol. The minimum absolute atomic E-state index is 0.0120. The lowest BCUT2D eigenvalue weighted by molar-refractivity contribution is -0.130. The van der Waals surface area contributed by atoms with E-state index in [-0.39, 0.29) is 24.3 Å². The van der Waals surface area contributed by atoms with Crippen LogP contribution >= 0.6 is 0 Å². The topological polar surface area (TPSA) is 70.1 Å². The highest BCUT2D eigenvalue weighted by molar-refractivity contribution is 5.94. The summed E-state index contributed by atoms with van der Waals surface area (Å²) in [6, 6.07) is 16.7. The Morgan fingerprint density at radius 3 is 2.48 bits per heavy atom. The lowest BCUT2D eigenvalue weighted by Gasteiger charge is -2.27. The Morgan fingerprint density at radius 2 is 1.79 bits per heavy atom. The van der Waals surface area contributed by atoms with Crippen LogP contribution in [0, 0.1) is 11.3 Å². The van der Waals surface area contributed by atoms with Crippen molar-refractivity contribution in [2.24, 2.45) is 11.3 Å². The standard InChI is InChI=1S/C23H26N2O4/c1-29-20-9-5-6-17(10-20)11-21(27)24-12-19-13-25(15-23(19,14-24)16-26)22(28)18-7-3-2-4-8-18/h2-10,19,26H,11-16H2,1H3/t19-,23+/m0/s1. The first-order valence-electron chi connectivity index (χ1n) is 9.90. The summed E-state index contributed by atoms with van der Waals surface area (Å²) in [5.74, 6) is 0.855. The number of benzene rings is 2. The highest BCUT2D eigenvalue weighted by Crippen LogP contribution is 2.42. The SMILES string of the molecule is COc1cccc(CC(=O)N2C[C@H]3CN(C(=O)c4ccccc4)C[C@@]3(CO)C2)c1. The van der Waals surface area contributed by atoms with Crippen LogP contribution in [0.2, 0.25) is 0 Å². The molecule has 2 saturated heterocycles. The molecule has 2 heterocycles. The van der Waals surface area contributed by atoms with E-state index < -0.39 is 5.41 Å². The zero-order valence-electron chi connectivity index (χ0n) is 16.6. The third-order valence-corrected chi connectivity index (χ3v) is 6.22. The summed E-state index contributed by atoms with van der Waals surface area (Å²) >= 11 is 0. The number of methoxy groups -OCH3 is 1. The Bertz CT molecular complexity index is 901. The van der Waals surface area contributed by atoms with Crippen molar-refractivity contribution < 1.29 is 19.4 Å². The van der Waals surface area contributed by atoms with Gasteiger partial charge in [0.15, 0.2) is 0 Å². The molecule has 29 heavy (non-hydrogen) atoms. The predicted molar refractivity (Wildman–Crippen MR) is 109 cm³/mol. The smallest absolute Gasteiger partial charge is 0.253 e. The number of hydrogen-bond donors (Lipinski definition) is 1. The fourth-order valence-electron chi connectivity index (χ4n) is 4.58. The average Bonchev–Trinajstić information content (AvgIpc) is 3.29. The van der Waals surface area contributed by atoms with Crippen LogP contribution in [0.3, 0.4) is 0 Å². The fourth-order valence-corrected chi connectivity index (χ4v) is 4.58. The van der Waals surface area contributed by atoms with Crippen molar-refractivity contribution in [3.63, 3.8) is 0 Å². The van der Waals surface area contributed by atoms with Crippen LogP contribution in [0.15, 0.2) is 54.6 Å². The highest BCUT2D eigenvalue weighted by atomic mass is 16.5. The van der Waals surface area contributed by atoms with Gasteiger partial charge < -0.3 is 19.6 Å². The Morgan fingerprint density at radius 1 is 1.07 bits per heavy atom. The number of ether oxygens (including phenoxy) is 1. The first kappa shape index (κ1) is 19.5. The Labute approximate surface area is 170 Å². The van der Waals surface area contributed by atoms with E-state index in [0.29, 0.717) is 38.2 Å². The first-order chi connectivity index (χ1) is 14.0. The molecule has 2 aromatic carbocycles. The lowest BCUT2D eigenvalue weighted by Crippen LogP contribution is -2.40. The van der Waals surface area contributed by atoms with Gasteiger partial charge in [-0.3, -0.25) is 9.59 Å². The molecular formula is C23H26N2O4. The summed E-state index contributed by atoms with van der Waals surface area (Å²) in [7, 11) is 1.61. The fraction of sp³-hybridized carbons (Fsp3) is 0.391. The van der Waals surface area contributed by atoms with E-state index in [4.69, 9.17) is 4.74 Å². The number of likely N-dealkylation sites (tertiary alicyclic amines) is 2. The van der Waals surface area contributed by atoms with Crippen molar-refractivity contribution in [1.29, 1.82) is 0 Å². The quantitative estimate of drug-likeness (QED) is 0.840. The van der Waals surface area contributed by atoms with Gasteiger partial charge in [0, 0.05) is 43.1 Å². The normalized spacial score (nSPS) is 23.2. The molecule has 0 radical (unpaired) electrons. The molecule has 6 nitrogen and oxygen atoms in total. The van der Waals surface area contributed by atoms with Crippen LogP contribution in [0.5, 0.6) is 5.75 Å². The summed E-state index contributed by atoms with van der Waals surface area (Å²) in [6.07, 6.45) is 0.304. The number of rotatable bonds is 5. The van der Waals surface area contributed by atoms with E-state index in [1.165, 1.54) is 0 Å². The Hall–Kier alpha value is -2.86. The molecule has 2 aliphatic rings. The molecule has 0 aliphatic carbocycles. The number of hydrogen-bond acceptors (Lipinski definition) is 4. The molecule has 0 unspecified atom stereocenters. The zero-order valence-corrected chi connectivity index (χ0v) is 16.6. The lowest BCUT2D eigenvalue weighted by atomic mass is 9.82. The number of aliphatic hydroxyl groups excluding tert-OH is 1. The number of nitrogens with zero attached hydrogens (tertiary/aromatic N) is 2. The minimum atomic E-state index is -0.436. The first-order valence-corrected chi connectivity index (χ1v) is 9.90. The maximum Gasteiger partial charge on any atom is 0.253 e. The maximum absolute atomic E-state index is 12.9. The molecule has 2 aliphatic heterocycles. The van der Waals surface area contributed by atoms with E-state index in [2.05, 4.69) is 0 Å². The van der Waals surface area contributed by atoms with Crippen molar-refractivity contribution in [2.45, 2.75) is 6.42 Å². The number of carbonyl (C=O) groups is 2. The van der Waals surface area contributed by atoms with Gasteiger partial charge in [-0.15, -0.1) is 0 Å². The second-order valence-corrected chi connectivity index (χ2v) is 8.07. The summed E-state index contributed by atoms with van der Waals surface area (Å²) in [4.78, 5) is 29.3. The monoisotopic (exact) mass is 394 g/mol. The van der Waals surface area contributed by atoms with E-state index in [1.807, 2.05) is 64.4 Å². The maximum atomic E-state index is 12.9.